The van der Waals surface area contributed by atoms with Crippen molar-refractivity contribution in [1.82, 2.24) is 14.9 Å². The summed E-state index contributed by atoms with van der Waals surface area (Å²) in [5, 5.41) is 9.99. The first kappa shape index (κ1) is 10.9. The lowest BCUT2D eigenvalue weighted by Crippen LogP contribution is -2.66. The van der Waals surface area contributed by atoms with Crippen LogP contribution in [0.15, 0.2) is 11.0 Å². The molecule has 1 aliphatic heterocycles. The third kappa shape index (κ3) is 1.65. The number of likely N-dealkylation sites (tertiary alicyclic amines) is 1. The third-order valence-corrected chi connectivity index (χ3v) is 3.12. The second-order valence-electron chi connectivity index (χ2n) is 4.58. The second-order valence-corrected chi connectivity index (χ2v) is 4.58. The molecule has 16 heavy (non-hydrogen) atoms. The van der Waals surface area contributed by atoms with Crippen LogP contribution in [-0.4, -0.2) is 44.6 Å². The van der Waals surface area contributed by atoms with E-state index in [2.05, 4.69) is 9.97 Å². The van der Waals surface area contributed by atoms with Crippen LogP contribution in [0.5, 0.6) is 0 Å². The zero-order valence-electron chi connectivity index (χ0n) is 9.28. The lowest BCUT2D eigenvalue weighted by molar-refractivity contribution is -0.111. The summed E-state index contributed by atoms with van der Waals surface area (Å²) in [5.41, 5.74) is -0.953. The molecule has 0 bridgehead atoms. The van der Waals surface area contributed by atoms with Crippen LogP contribution in [0.1, 0.15) is 24.3 Å². The van der Waals surface area contributed by atoms with Crippen molar-refractivity contribution < 1.29 is 9.90 Å². The van der Waals surface area contributed by atoms with Gasteiger partial charge < -0.3 is 20.0 Å². The Bertz CT molecular complexity index is 454. The summed E-state index contributed by atoms with van der Waals surface area (Å²) in [6.07, 6.45) is 1.34. The fraction of sp³-hybridized carbons (Fsp3) is 0.600. The van der Waals surface area contributed by atoms with Crippen LogP contribution in [-0.2, 0) is 0 Å². The molecule has 0 radical (unpaired) electrons. The summed E-state index contributed by atoms with van der Waals surface area (Å²) in [6, 6.07) is 0. The van der Waals surface area contributed by atoms with E-state index in [1.54, 1.807) is 0 Å². The van der Waals surface area contributed by atoms with Gasteiger partial charge in [-0.05, 0) is 5.92 Å². The fourth-order valence-electron chi connectivity index (χ4n) is 1.74. The fourth-order valence-corrected chi connectivity index (χ4v) is 1.74. The third-order valence-electron chi connectivity index (χ3n) is 3.12. The normalized spacial score (nSPS) is 18.6. The summed E-state index contributed by atoms with van der Waals surface area (Å²) in [5.74, 6) is -0.148. The number of carbonyl (C=O) groups excluding carboxylic acids is 1. The van der Waals surface area contributed by atoms with Gasteiger partial charge in [0, 0.05) is 6.20 Å². The monoisotopic (exact) mass is 225 g/mol. The lowest BCUT2D eigenvalue weighted by Gasteiger charge is -2.48. The molecular formula is C10H15N3O3. The van der Waals surface area contributed by atoms with Crippen LogP contribution in [0.25, 0.3) is 0 Å². The number of β-amino-alcohol motifs (C(OH)–C–C–N with tert-alkyl or cyclic N) is 1. The van der Waals surface area contributed by atoms with E-state index < -0.39 is 11.3 Å². The maximum atomic E-state index is 11.8. The number of aromatic amines is 2. The minimum atomic E-state index is -0.785. The molecule has 1 amide bonds. The molecule has 6 heteroatoms. The molecule has 0 spiro atoms. The molecule has 1 aromatic rings. The Labute approximate surface area is 92.3 Å². The number of hydrogen-bond donors (Lipinski definition) is 3. The molecule has 1 saturated heterocycles. The summed E-state index contributed by atoms with van der Waals surface area (Å²) >= 11 is 0. The molecule has 1 aliphatic rings. The van der Waals surface area contributed by atoms with Crippen molar-refractivity contribution in [1.29, 1.82) is 0 Å². The van der Waals surface area contributed by atoms with Crippen molar-refractivity contribution in [2.75, 3.05) is 13.1 Å². The lowest BCUT2D eigenvalue weighted by atomic mass is 9.83. The van der Waals surface area contributed by atoms with Gasteiger partial charge in [0.2, 0.25) is 0 Å². The maximum Gasteiger partial charge on any atom is 0.323 e. The number of aromatic nitrogens is 2. The summed E-state index contributed by atoms with van der Waals surface area (Å²) in [7, 11) is 0. The summed E-state index contributed by atoms with van der Waals surface area (Å²) in [6.45, 7) is 4.47. The van der Waals surface area contributed by atoms with Gasteiger partial charge in [0.1, 0.15) is 11.3 Å². The van der Waals surface area contributed by atoms with Gasteiger partial charge in [-0.15, -0.1) is 0 Å². The minimum Gasteiger partial charge on any atom is -0.386 e. The number of aliphatic hydroxyl groups is 1. The standard InChI is InChI=1S/C10H15N3O3/c1-6(2)10(16)4-13(5-10)8(14)7-3-11-9(15)12-7/h3,6,16H,4-5H2,1-2H3,(H2,11,12,15). The van der Waals surface area contributed by atoms with Crippen LogP contribution >= 0.6 is 0 Å². The molecule has 3 N–H and O–H groups in total. The molecule has 0 saturated carbocycles. The van der Waals surface area contributed by atoms with E-state index in [0.29, 0.717) is 13.1 Å². The van der Waals surface area contributed by atoms with Crippen LogP contribution in [0.3, 0.4) is 0 Å². The summed E-state index contributed by atoms with van der Waals surface area (Å²) in [4.78, 5) is 28.9. The maximum absolute atomic E-state index is 11.8. The average Bonchev–Trinajstić information content (AvgIpc) is 2.58. The zero-order chi connectivity index (χ0) is 11.9. The van der Waals surface area contributed by atoms with E-state index in [1.165, 1.54) is 11.1 Å². The molecule has 1 fully saturated rings. The SMILES string of the molecule is CC(C)C1(O)CN(C(=O)c2c[nH]c(=O)[nH]2)C1. The molecule has 1 aromatic heterocycles. The van der Waals surface area contributed by atoms with Gasteiger partial charge >= 0.3 is 5.69 Å². The quantitative estimate of drug-likeness (QED) is 0.636. The Hall–Kier alpha value is -1.56. The van der Waals surface area contributed by atoms with Crippen LogP contribution in [0, 0.1) is 5.92 Å². The highest BCUT2D eigenvalue weighted by molar-refractivity contribution is 5.92. The van der Waals surface area contributed by atoms with E-state index in [0.717, 1.165) is 0 Å². The highest BCUT2D eigenvalue weighted by Gasteiger charge is 2.46. The van der Waals surface area contributed by atoms with Crippen LogP contribution in [0.2, 0.25) is 0 Å². The highest BCUT2D eigenvalue weighted by Crippen LogP contribution is 2.29. The van der Waals surface area contributed by atoms with Crippen LogP contribution < -0.4 is 5.69 Å². The Morgan fingerprint density at radius 1 is 1.56 bits per heavy atom. The van der Waals surface area contributed by atoms with Crippen molar-refractivity contribution >= 4 is 5.91 Å². The Kier molecular flexibility index (Phi) is 2.38. The first-order chi connectivity index (χ1) is 7.42. The molecule has 2 rings (SSSR count). The van der Waals surface area contributed by atoms with Crippen LogP contribution in [0.4, 0.5) is 0 Å². The van der Waals surface area contributed by atoms with Gasteiger partial charge in [-0.25, -0.2) is 4.79 Å². The average molecular weight is 225 g/mol. The Morgan fingerprint density at radius 3 is 2.62 bits per heavy atom. The Morgan fingerprint density at radius 2 is 2.19 bits per heavy atom. The molecule has 0 aliphatic carbocycles. The molecule has 88 valence electrons. The molecule has 2 heterocycles. The first-order valence-electron chi connectivity index (χ1n) is 5.22. The Balaban J connectivity index is 2.03. The molecule has 0 unspecified atom stereocenters. The predicted molar refractivity (Wildman–Crippen MR) is 57.1 cm³/mol. The molecular weight excluding hydrogens is 210 g/mol. The first-order valence-corrected chi connectivity index (χ1v) is 5.22. The largest absolute Gasteiger partial charge is 0.386 e. The molecule has 0 aromatic carbocycles. The van der Waals surface area contributed by atoms with Crippen molar-refractivity contribution in [3.05, 3.63) is 22.4 Å². The number of nitrogens with one attached hydrogen (secondary N) is 2. The van der Waals surface area contributed by atoms with Gasteiger partial charge in [0.15, 0.2) is 0 Å². The van der Waals surface area contributed by atoms with E-state index in [1.807, 2.05) is 13.8 Å². The summed E-state index contributed by atoms with van der Waals surface area (Å²) < 4.78 is 0. The van der Waals surface area contributed by atoms with Gasteiger partial charge in [-0.3, -0.25) is 4.79 Å². The number of rotatable bonds is 2. The predicted octanol–water partition coefficient (Wildman–Crippen LogP) is -0.454. The van der Waals surface area contributed by atoms with Gasteiger partial charge in [-0.2, -0.15) is 0 Å². The van der Waals surface area contributed by atoms with Gasteiger partial charge in [-0.1, -0.05) is 13.8 Å². The smallest absolute Gasteiger partial charge is 0.323 e. The number of nitrogens with zero attached hydrogens (tertiary/aromatic N) is 1. The zero-order valence-corrected chi connectivity index (χ0v) is 9.28. The minimum absolute atomic E-state index is 0.113. The number of H-pyrrole nitrogens is 2. The van der Waals surface area contributed by atoms with E-state index in [-0.39, 0.29) is 17.5 Å². The second kappa shape index (κ2) is 3.48. The molecule has 0 atom stereocenters. The van der Waals surface area contributed by atoms with Crippen molar-refractivity contribution in [3.63, 3.8) is 0 Å². The van der Waals surface area contributed by atoms with E-state index in [4.69, 9.17) is 0 Å². The molecule has 6 nitrogen and oxygen atoms in total. The number of amides is 1. The van der Waals surface area contributed by atoms with Crippen molar-refractivity contribution in [2.24, 2.45) is 5.92 Å². The van der Waals surface area contributed by atoms with Gasteiger partial charge in [0.25, 0.3) is 5.91 Å². The van der Waals surface area contributed by atoms with E-state index >= 15 is 0 Å². The van der Waals surface area contributed by atoms with Gasteiger partial charge in [0.05, 0.1) is 13.1 Å². The number of carbonyl (C=O) groups is 1. The van der Waals surface area contributed by atoms with Crippen molar-refractivity contribution in [3.8, 4) is 0 Å². The number of hydrogen-bond acceptors (Lipinski definition) is 3. The number of imidazole rings is 1. The topological polar surface area (TPSA) is 89.2 Å². The van der Waals surface area contributed by atoms with E-state index in [9.17, 15) is 14.7 Å². The highest BCUT2D eigenvalue weighted by atomic mass is 16.3. The van der Waals surface area contributed by atoms with Crippen molar-refractivity contribution in [2.45, 2.75) is 19.4 Å².